The van der Waals surface area contributed by atoms with Gasteiger partial charge in [-0.25, -0.2) is 0 Å². The van der Waals surface area contributed by atoms with E-state index in [2.05, 4.69) is 12.2 Å². The lowest BCUT2D eigenvalue weighted by atomic mass is 9.93. The molecule has 0 spiro atoms. The molecule has 0 aliphatic heterocycles. The maximum Gasteiger partial charge on any atom is 0.240 e. The summed E-state index contributed by atoms with van der Waals surface area (Å²) in [5, 5.41) is 3.35. The summed E-state index contributed by atoms with van der Waals surface area (Å²) >= 11 is 0. The van der Waals surface area contributed by atoms with E-state index in [1.165, 1.54) is 12.8 Å². The minimum atomic E-state index is -0.612. The van der Waals surface area contributed by atoms with Crippen LogP contribution in [0.25, 0.3) is 0 Å². The van der Waals surface area contributed by atoms with Gasteiger partial charge in [-0.3, -0.25) is 4.79 Å². The van der Waals surface area contributed by atoms with Crippen molar-refractivity contribution in [1.29, 1.82) is 0 Å². The van der Waals surface area contributed by atoms with Gasteiger partial charge in [-0.1, -0.05) is 19.8 Å². The molecule has 2 fully saturated rings. The number of carbonyl (C=O) groups excluding carboxylic acids is 1. The van der Waals surface area contributed by atoms with E-state index in [0.29, 0.717) is 12.5 Å². The molecule has 4 heteroatoms. The molecule has 2 rings (SSSR count). The Hall–Kier alpha value is -0.610. The third-order valence-electron chi connectivity index (χ3n) is 4.10. The van der Waals surface area contributed by atoms with Crippen LogP contribution in [-0.4, -0.2) is 31.2 Å². The quantitative estimate of drug-likeness (QED) is 0.580. The minimum Gasteiger partial charge on any atom is -0.379 e. The number of hydrogen-bond donors (Lipinski definition) is 2. The monoisotopic (exact) mass is 254 g/mol. The molecular weight excluding hydrogens is 228 g/mol. The Kier molecular flexibility index (Phi) is 4.62. The second kappa shape index (κ2) is 6.02. The van der Waals surface area contributed by atoms with Crippen molar-refractivity contribution in [2.24, 2.45) is 17.6 Å². The Balaban J connectivity index is 1.82. The topological polar surface area (TPSA) is 64.3 Å². The molecule has 2 saturated carbocycles. The van der Waals surface area contributed by atoms with Crippen LogP contribution >= 0.6 is 0 Å². The first-order chi connectivity index (χ1) is 8.69. The molecule has 0 radical (unpaired) electrons. The van der Waals surface area contributed by atoms with Gasteiger partial charge in [-0.15, -0.1) is 0 Å². The predicted octanol–water partition coefficient (Wildman–Crippen LogP) is 1.44. The van der Waals surface area contributed by atoms with Gasteiger partial charge in [-0.05, 0) is 44.1 Å². The van der Waals surface area contributed by atoms with E-state index in [1.807, 2.05) is 0 Å². The second-order valence-corrected chi connectivity index (χ2v) is 5.82. The standard InChI is InChI=1S/C14H26N2O2/c1-2-8-16-14(13(15)17,12-5-6-12)10-18-9-7-11-3-4-11/h11-12,16H,2-10H2,1H3,(H2,15,17). The maximum absolute atomic E-state index is 11.8. The smallest absolute Gasteiger partial charge is 0.240 e. The Bertz CT molecular complexity index is 288. The van der Waals surface area contributed by atoms with Crippen molar-refractivity contribution in [2.75, 3.05) is 19.8 Å². The van der Waals surface area contributed by atoms with Crippen molar-refractivity contribution in [3.63, 3.8) is 0 Å². The zero-order valence-electron chi connectivity index (χ0n) is 11.4. The van der Waals surface area contributed by atoms with Crippen molar-refractivity contribution in [2.45, 2.75) is 51.0 Å². The van der Waals surface area contributed by atoms with E-state index in [4.69, 9.17) is 10.5 Å². The van der Waals surface area contributed by atoms with Crippen LogP contribution in [0.4, 0.5) is 0 Å². The van der Waals surface area contributed by atoms with Gasteiger partial charge in [0.05, 0.1) is 6.61 Å². The van der Waals surface area contributed by atoms with E-state index in [9.17, 15) is 4.79 Å². The third kappa shape index (κ3) is 3.45. The van der Waals surface area contributed by atoms with Gasteiger partial charge in [0.25, 0.3) is 0 Å². The molecule has 18 heavy (non-hydrogen) atoms. The van der Waals surface area contributed by atoms with Crippen LogP contribution in [0.2, 0.25) is 0 Å². The predicted molar refractivity (Wildman–Crippen MR) is 71.1 cm³/mol. The Morgan fingerprint density at radius 2 is 2.11 bits per heavy atom. The fourth-order valence-electron chi connectivity index (χ4n) is 2.49. The van der Waals surface area contributed by atoms with Gasteiger partial charge >= 0.3 is 0 Å². The van der Waals surface area contributed by atoms with Crippen LogP contribution in [-0.2, 0) is 9.53 Å². The lowest BCUT2D eigenvalue weighted by Gasteiger charge is -2.31. The summed E-state index contributed by atoms with van der Waals surface area (Å²) in [5.74, 6) is 1.00. The van der Waals surface area contributed by atoms with Crippen molar-refractivity contribution in [3.05, 3.63) is 0 Å². The normalized spacial score (nSPS) is 22.7. The molecule has 1 unspecified atom stereocenters. The summed E-state index contributed by atoms with van der Waals surface area (Å²) in [4.78, 5) is 11.8. The van der Waals surface area contributed by atoms with Crippen LogP contribution in [0, 0.1) is 11.8 Å². The number of amides is 1. The van der Waals surface area contributed by atoms with Gasteiger partial charge in [0.2, 0.25) is 5.91 Å². The van der Waals surface area contributed by atoms with Crippen LogP contribution in [0.15, 0.2) is 0 Å². The van der Waals surface area contributed by atoms with Gasteiger partial charge in [0, 0.05) is 6.61 Å². The molecule has 0 bridgehead atoms. The highest BCUT2D eigenvalue weighted by Crippen LogP contribution is 2.40. The highest BCUT2D eigenvalue weighted by Gasteiger charge is 2.49. The summed E-state index contributed by atoms with van der Waals surface area (Å²) in [6.45, 7) is 4.13. The first-order valence-electron chi connectivity index (χ1n) is 7.31. The van der Waals surface area contributed by atoms with Gasteiger partial charge in [0.1, 0.15) is 5.54 Å². The lowest BCUT2D eigenvalue weighted by Crippen LogP contribution is -2.60. The molecule has 4 nitrogen and oxygen atoms in total. The molecule has 0 aromatic rings. The SMILES string of the molecule is CCCNC(COCCC1CC1)(C(N)=O)C1CC1. The average molecular weight is 254 g/mol. The summed E-state index contributed by atoms with van der Waals surface area (Å²) in [5.41, 5.74) is 5.01. The number of ether oxygens (including phenoxy) is 1. The summed E-state index contributed by atoms with van der Waals surface area (Å²) in [7, 11) is 0. The van der Waals surface area contributed by atoms with Crippen LogP contribution in [0.3, 0.4) is 0 Å². The summed E-state index contributed by atoms with van der Waals surface area (Å²) in [6, 6.07) is 0. The molecule has 0 saturated heterocycles. The zero-order valence-corrected chi connectivity index (χ0v) is 11.4. The molecule has 1 atom stereocenters. The van der Waals surface area contributed by atoms with Crippen molar-refractivity contribution < 1.29 is 9.53 Å². The third-order valence-corrected chi connectivity index (χ3v) is 4.10. The fraction of sp³-hybridized carbons (Fsp3) is 0.929. The molecule has 2 aliphatic rings. The fourth-order valence-corrected chi connectivity index (χ4v) is 2.49. The van der Waals surface area contributed by atoms with E-state index in [1.54, 1.807) is 0 Å². The van der Waals surface area contributed by atoms with E-state index < -0.39 is 5.54 Å². The molecule has 3 N–H and O–H groups in total. The van der Waals surface area contributed by atoms with Crippen LogP contribution in [0.1, 0.15) is 45.4 Å². The highest BCUT2D eigenvalue weighted by atomic mass is 16.5. The Morgan fingerprint density at radius 3 is 2.61 bits per heavy atom. The molecule has 2 aliphatic carbocycles. The van der Waals surface area contributed by atoms with E-state index in [-0.39, 0.29) is 5.91 Å². The average Bonchev–Trinajstić information content (AvgIpc) is 3.20. The van der Waals surface area contributed by atoms with Crippen molar-refractivity contribution in [1.82, 2.24) is 5.32 Å². The van der Waals surface area contributed by atoms with E-state index in [0.717, 1.165) is 44.8 Å². The summed E-state index contributed by atoms with van der Waals surface area (Å²) in [6.07, 6.45) is 7.01. The first kappa shape index (κ1) is 13.8. The Morgan fingerprint density at radius 1 is 1.39 bits per heavy atom. The zero-order chi connectivity index (χ0) is 13.0. The van der Waals surface area contributed by atoms with Crippen molar-refractivity contribution in [3.8, 4) is 0 Å². The van der Waals surface area contributed by atoms with E-state index >= 15 is 0 Å². The molecule has 104 valence electrons. The number of rotatable bonds is 10. The van der Waals surface area contributed by atoms with Gasteiger partial charge < -0.3 is 15.8 Å². The van der Waals surface area contributed by atoms with Crippen LogP contribution in [0.5, 0.6) is 0 Å². The molecule has 0 heterocycles. The van der Waals surface area contributed by atoms with Crippen molar-refractivity contribution >= 4 is 5.91 Å². The molecule has 0 aromatic carbocycles. The molecular formula is C14H26N2O2. The largest absolute Gasteiger partial charge is 0.379 e. The molecule has 1 amide bonds. The molecule has 0 aromatic heterocycles. The number of nitrogens with two attached hydrogens (primary N) is 1. The number of hydrogen-bond acceptors (Lipinski definition) is 3. The first-order valence-corrected chi connectivity index (χ1v) is 7.31. The van der Waals surface area contributed by atoms with Gasteiger partial charge in [-0.2, -0.15) is 0 Å². The number of primary amides is 1. The second-order valence-electron chi connectivity index (χ2n) is 5.82. The lowest BCUT2D eigenvalue weighted by molar-refractivity contribution is -0.128. The maximum atomic E-state index is 11.8. The highest BCUT2D eigenvalue weighted by molar-refractivity contribution is 5.85. The minimum absolute atomic E-state index is 0.245. The number of carbonyl (C=O) groups is 1. The number of nitrogens with one attached hydrogen (secondary N) is 1. The Labute approximate surface area is 110 Å². The summed E-state index contributed by atoms with van der Waals surface area (Å²) < 4.78 is 5.75. The van der Waals surface area contributed by atoms with Gasteiger partial charge in [0.15, 0.2) is 0 Å². The van der Waals surface area contributed by atoms with Crippen LogP contribution < -0.4 is 11.1 Å².